The molecule has 8 nitrogen and oxygen atoms in total. The summed E-state index contributed by atoms with van der Waals surface area (Å²) in [6.45, 7) is 8.68. The fraction of sp³-hybridized carbons (Fsp3) is 0.481. The summed E-state index contributed by atoms with van der Waals surface area (Å²) < 4.78 is 17.0. The molecule has 1 N–H and O–H groups in total. The maximum Gasteiger partial charge on any atom is 0.290 e. The molecule has 2 aliphatic heterocycles. The van der Waals surface area contributed by atoms with Crippen LogP contribution in [-0.2, 0) is 9.53 Å². The Bertz CT molecular complexity index is 1090. The van der Waals surface area contributed by atoms with Crippen molar-refractivity contribution >= 4 is 23.0 Å². The third-order valence-electron chi connectivity index (χ3n) is 6.51. The molecular formula is C27H34N2O6S. The maximum atomic E-state index is 13.5. The van der Waals surface area contributed by atoms with Crippen LogP contribution >= 0.6 is 11.3 Å². The summed E-state index contributed by atoms with van der Waals surface area (Å²) in [4.78, 5) is 31.0. The monoisotopic (exact) mass is 514 g/mol. The third kappa shape index (κ3) is 5.74. The smallest absolute Gasteiger partial charge is 0.290 e. The molecule has 1 aromatic heterocycles. The molecule has 0 aliphatic carbocycles. The van der Waals surface area contributed by atoms with Crippen molar-refractivity contribution < 1.29 is 28.9 Å². The van der Waals surface area contributed by atoms with E-state index >= 15 is 0 Å². The van der Waals surface area contributed by atoms with Gasteiger partial charge in [0.15, 0.2) is 17.3 Å². The van der Waals surface area contributed by atoms with Crippen LogP contribution in [0.25, 0.3) is 0 Å². The van der Waals surface area contributed by atoms with E-state index in [0.29, 0.717) is 60.8 Å². The molecule has 9 heteroatoms. The molecule has 1 saturated heterocycles. The van der Waals surface area contributed by atoms with Gasteiger partial charge in [0.1, 0.15) is 0 Å². The van der Waals surface area contributed by atoms with E-state index in [1.807, 2.05) is 12.1 Å². The van der Waals surface area contributed by atoms with Crippen LogP contribution in [0, 0.1) is 5.92 Å². The van der Waals surface area contributed by atoms with E-state index in [0.717, 1.165) is 19.5 Å². The number of aliphatic hydroxyl groups is 1. The number of carbonyl (C=O) groups excluding carboxylic acids is 2. The number of hydrogen-bond acceptors (Lipinski definition) is 8. The predicted octanol–water partition coefficient (Wildman–Crippen LogP) is 4.09. The first-order valence-electron chi connectivity index (χ1n) is 12.3. The summed E-state index contributed by atoms with van der Waals surface area (Å²) in [5.74, 6) is 0.266. The number of rotatable bonds is 11. The third-order valence-corrected chi connectivity index (χ3v) is 7.38. The van der Waals surface area contributed by atoms with Crippen LogP contribution in [0.5, 0.6) is 11.5 Å². The first kappa shape index (κ1) is 26.2. The number of Topliss-reactive ketones (excluding diaryl/α,β-unsaturated/α-hetero) is 1. The van der Waals surface area contributed by atoms with Crippen molar-refractivity contribution in [2.24, 2.45) is 5.92 Å². The standard InChI is InChI=1S/C27H34N2O6S/c1-18(2)8-13-35-20-7-6-19(17-21(20)33-3)24-23(25(30)22-5-4-16-36-22)26(31)27(32)29(24)10-9-28-11-14-34-15-12-28/h4-7,16-18,24,31H,8-15H2,1-3H3/t24-/m1/s1. The second-order valence-electron chi connectivity index (χ2n) is 9.37. The van der Waals surface area contributed by atoms with E-state index in [1.54, 1.807) is 35.6 Å². The van der Waals surface area contributed by atoms with Crippen molar-refractivity contribution in [1.29, 1.82) is 0 Å². The highest BCUT2D eigenvalue weighted by Crippen LogP contribution is 2.42. The highest BCUT2D eigenvalue weighted by Gasteiger charge is 2.44. The molecule has 2 aromatic rings. The number of ketones is 1. The minimum Gasteiger partial charge on any atom is -0.503 e. The minimum absolute atomic E-state index is 0.0972. The zero-order valence-electron chi connectivity index (χ0n) is 21.1. The van der Waals surface area contributed by atoms with Crippen molar-refractivity contribution in [3.8, 4) is 11.5 Å². The lowest BCUT2D eigenvalue weighted by Gasteiger charge is -2.32. The Morgan fingerprint density at radius 2 is 1.97 bits per heavy atom. The van der Waals surface area contributed by atoms with Gasteiger partial charge in [-0.15, -0.1) is 11.3 Å². The number of nitrogens with zero attached hydrogens (tertiary/aromatic N) is 2. The molecule has 0 bridgehead atoms. The van der Waals surface area contributed by atoms with Gasteiger partial charge in [-0.3, -0.25) is 14.5 Å². The highest BCUT2D eigenvalue weighted by molar-refractivity contribution is 7.12. The van der Waals surface area contributed by atoms with Gasteiger partial charge < -0.3 is 24.2 Å². The molecule has 194 valence electrons. The Labute approximate surface area is 216 Å². The zero-order valence-corrected chi connectivity index (χ0v) is 21.9. The summed E-state index contributed by atoms with van der Waals surface area (Å²) in [5, 5.41) is 12.7. The van der Waals surface area contributed by atoms with Gasteiger partial charge in [0.2, 0.25) is 5.78 Å². The van der Waals surface area contributed by atoms with Gasteiger partial charge in [-0.1, -0.05) is 26.0 Å². The first-order valence-corrected chi connectivity index (χ1v) is 13.2. The zero-order chi connectivity index (χ0) is 25.7. The van der Waals surface area contributed by atoms with Gasteiger partial charge in [0.05, 0.1) is 43.4 Å². The summed E-state index contributed by atoms with van der Waals surface area (Å²) in [6.07, 6.45) is 0.910. The van der Waals surface area contributed by atoms with E-state index in [4.69, 9.17) is 14.2 Å². The quantitative estimate of drug-likeness (QED) is 0.452. The molecule has 0 unspecified atom stereocenters. The molecule has 4 rings (SSSR count). The normalized spacial score (nSPS) is 18.8. The van der Waals surface area contributed by atoms with Crippen LogP contribution in [0.2, 0.25) is 0 Å². The van der Waals surface area contributed by atoms with Crippen LogP contribution in [0.1, 0.15) is 41.5 Å². The minimum atomic E-state index is -0.730. The molecule has 36 heavy (non-hydrogen) atoms. The number of thiophene rings is 1. The number of aliphatic hydroxyl groups excluding tert-OH is 1. The topological polar surface area (TPSA) is 88.5 Å². The maximum absolute atomic E-state index is 13.5. The largest absolute Gasteiger partial charge is 0.503 e. The molecule has 2 aliphatic rings. The Kier molecular flexibility index (Phi) is 8.66. The van der Waals surface area contributed by atoms with Crippen molar-refractivity contribution in [2.45, 2.75) is 26.3 Å². The second-order valence-corrected chi connectivity index (χ2v) is 10.3. The lowest BCUT2D eigenvalue weighted by atomic mass is 9.95. The lowest BCUT2D eigenvalue weighted by molar-refractivity contribution is -0.129. The van der Waals surface area contributed by atoms with Crippen LogP contribution in [0.3, 0.4) is 0 Å². The highest BCUT2D eigenvalue weighted by atomic mass is 32.1. The van der Waals surface area contributed by atoms with Crippen molar-refractivity contribution in [2.75, 3.05) is 53.1 Å². The summed E-state index contributed by atoms with van der Waals surface area (Å²) in [6, 6.07) is 8.20. The molecule has 1 amide bonds. The molecule has 0 saturated carbocycles. The summed E-state index contributed by atoms with van der Waals surface area (Å²) >= 11 is 1.29. The number of amides is 1. The van der Waals surface area contributed by atoms with Crippen LogP contribution in [0.15, 0.2) is 47.0 Å². The van der Waals surface area contributed by atoms with E-state index in [-0.39, 0.29) is 11.4 Å². The number of methoxy groups -OCH3 is 1. The summed E-state index contributed by atoms with van der Waals surface area (Å²) in [5.41, 5.74) is 0.780. The van der Waals surface area contributed by atoms with Crippen LogP contribution in [-0.4, -0.2) is 79.7 Å². The van der Waals surface area contributed by atoms with Gasteiger partial charge in [-0.2, -0.15) is 0 Å². The number of carbonyl (C=O) groups is 2. The number of ether oxygens (including phenoxy) is 3. The second kappa shape index (κ2) is 11.9. The first-order chi connectivity index (χ1) is 17.4. The molecule has 1 aromatic carbocycles. The molecule has 1 fully saturated rings. The SMILES string of the molecule is COc1cc([C@@H]2C(C(=O)c3cccs3)=C(O)C(=O)N2CCN2CCOCC2)ccc1OCCC(C)C. The van der Waals surface area contributed by atoms with Crippen molar-refractivity contribution in [1.82, 2.24) is 9.80 Å². The van der Waals surface area contributed by atoms with Crippen LogP contribution in [0.4, 0.5) is 0 Å². The van der Waals surface area contributed by atoms with E-state index in [9.17, 15) is 14.7 Å². The van der Waals surface area contributed by atoms with E-state index in [2.05, 4.69) is 18.7 Å². The number of hydrogen-bond donors (Lipinski definition) is 1. The fourth-order valence-electron chi connectivity index (χ4n) is 4.46. The van der Waals surface area contributed by atoms with Gasteiger partial charge >= 0.3 is 0 Å². The predicted molar refractivity (Wildman–Crippen MR) is 138 cm³/mol. The fourth-order valence-corrected chi connectivity index (χ4v) is 5.13. The number of morpholine rings is 1. The molecule has 0 radical (unpaired) electrons. The average molecular weight is 515 g/mol. The van der Waals surface area contributed by atoms with Gasteiger partial charge in [0.25, 0.3) is 5.91 Å². The Hall–Kier alpha value is -2.88. The summed E-state index contributed by atoms with van der Waals surface area (Å²) in [7, 11) is 1.56. The Balaban J connectivity index is 1.65. The lowest BCUT2D eigenvalue weighted by Crippen LogP contribution is -2.43. The van der Waals surface area contributed by atoms with E-state index < -0.39 is 17.7 Å². The molecule has 1 atom stereocenters. The Morgan fingerprint density at radius 1 is 1.19 bits per heavy atom. The van der Waals surface area contributed by atoms with Gasteiger partial charge in [-0.05, 0) is 41.5 Å². The van der Waals surface area contributed by atoms with Gasteiger partial charge in [0, 0.05) is 26.2 Å². The number of benzene rings is 1. The molecular weight excluding hydrogens is 480 g/mol. The van der Waals surface area contributed by atoms with Crippen molar-refractivity contribution in [3.05, 3.63) is 57.5 Å². The average Bonchev–Trinajstić information content (AvgIpc) is 3.50. The molecule has 0 spiro atoms. The van der Waals surface area contributed by atoms with Gasteiger partial charge in [-0.25, -0.2) is 0 Å². The van der Waals surface area contributed by atoms with Crippen molar-refractivity contribution in [3.63, 3.8) is 0 Å². The molecule has 3 heterocycles. The van der Waals surface area contributed by atoms with E-state index in [1.165, 1.54) is 11.3 Å². The Morgan fingerprint density at radius 3 is 2.64 bits per heavy atom. The van der Waals surface area contributed by atoms with Crippen LogP contribution < -0.4 is 9.47 Å².